The molecule has 0 saturated heterocycles. The van der Waals surface area contributed by atoms with Crippen LogP contribution in [0.1, 0.15) is 19.3 Å². The maximum atomic E-state index is 11.3. The summed E-state index contributed by atoms with van der Waals surface area (Å²) in [6.07, 6.45) is 5.83. The van der Waals surface area contributed by atoms with E-state index >= 15 is 0 Å². The first-order valence-electron chi connectivity index (χ1n) is 5.65. The second-order valence-corrected chi connectivity index (χ2v) is 5.68. The number of hydrogen-bond acceptors (Lipinski definition) is 4. The minimum Gasteiger partial charge on any atom is -0.480 e. The van der Waals surface area contributed by atoms with Crippen LogP contribution in [0.2, 0.25) is 0 Å². The summed E-state index contributed by atoms with van der Waals surface area (Å²) in [5.41, 5.74) is -0.731. The number of nitrogens with one attached hydrogen (secondary N) is 1. The van der Waals surface area contributed by atoms with Crippen molar-refractivity contribution in [3.63, 3.8) is 0 Å². The highest BCUT2D eigenvalue weighted by molar-refractivity contribution is 8.00. The third kappa shape index (κ3) is 2.61. The number of thioether (sulfide) groups is 1. The van der Waals surface area contributed by atoms with E-state index in [9.17, 15) is 9.90 Å². The summed E-state index contributed by atoms with van der Waals surface area (Å²) in [7, 11) is 1.73. The molecule has 2 atom stereocenters. The molecule has 17 heavy (non-hydrogen) atoms. The van der Waals surface area contributed by atoms with Gasteiger partial charge in [0, 0.05) is 22.5 Å². The molecule has 1 aliphatic rings. The van der Waals surface area contributed by atoms with Crippen molar-refractivity contribution in [1.29, 1.82) is 0 Å². The Morgan fingerprint density at radius 2 is 2.29 bits per heavy atom. The Balaban J connectivity index is 2.01. The number of aromatic nitrogens is 1. The molecule has 4 nitrogen and oxygen atoms in total. The summed E-state index contributed by atoms with van der Waals surface area (Å²) in [4.78, 5) is 16.4. The highest BCUT2D eigenvalue weighted by atomic mass is 32.2. The van der Waals surface area contributed by atoms with Gasteiger partial charge in [0.25, 0.3) is 0 Å². The smallest absolute Gasteiger partial charge is 0.323 e. The molecule has 5 heteroatoms. The summed E-state index contributed by atoms with van der Waals surface area (Å²) in [5, 5.41) is 12.6. The summed E-state index contributed by atoms with van der Waals surface area (Å²) in [5.74, 6) is -0.738. The summed E-state index contributed by atoms with van der Waals surface area (Å²) in [6.45, 7) is 0. The normalized spacial score (nSPS) is 28.2. The molecule has 1 heterocycles. The van der Waals surface area contributed by atoms with E-state index in [-0.39, 0.29) is 0 Å². The maximum Gasteiger partial charge on any atom is 0.323 e. The van der Waals surface area contributed by atoms with E-state index in [0.717, 1.165) is 11.3 Å². The van der Waals surface area contributed by atoms with Gasteiger partial charge in [0.2, 0.25) is 0 Å². The zero-order valence-electron chi connectivity index (χ0n) is 9.72. The fraction of sp³-hybridized carbons (Fsp3) is 0.500. The van der Waals surface area contributed by atoms with E-state index in [2.05, 4.69) is 10.3 Å². The number of nitrogens with zero attached hydrogens (tertiary/aromatic N) is 1. The van der Waals surface area contributed by atoms with Gasteiger partial charge in [0.05, 0.1) is 0 Å². The average molecular weight is 252 g/mol. The van der Waals surface area contributed by atoms with Gasteiger partial charge in [-0.3, -0.25) is 9.78 Å². The number of likely N-dealkylation sites (N-methyl/N-ethyl adjacent to an activating group) is 1. The van der Waals surface area contributed by atoms with Gasteiger partial charge in [-0.1, -0.05) is 0 Å². The molecule has 0 amide bonds. The van der Waals surface area contributed by atoms with Crippen molar-refractivity contribution in [3.05, 3.63) is 24.5 Å². The third-order valence-corrected chi connectivity index (χ3v) is 4.59. The molecular formula is C12H16N2O2S. The van der Waals surface area contributed by atoms with E-state index in [1.165, 1.54) is 0 Å². The van der Waals surface area contributed by atoms with Crippen molar-refractivity contribution < 1.29 is 9.90 Å². The van der Waals surface area contributed by atoms with Crippen LogP contribution in [0, 0.1) is 0 Å². The molecule has 1 aromatic heterocycles. The van der Waals surface area contributed by atoms with Crippen LogP contribution >= 0.6 is 11.8 Å². The maximum absolute atomic E-state index is 11.3. The third-order valence-electron chi connectivity index (χ3n) is 3.31. The highest BCUT2D eigenvalue weighted by Gasteiger charge is 2.44. The molecule has 0 bridgehead atoms. The Hall–Kier alpha value is -1.07. The lowest BCUT2D eigenvalue weighted by atomic mass is 9.99. The molecule has 0 spiro atoms. The fourth-order valence-corrected chi connectivity index (χ4v) is 3.51. The number of carbonyl (C=O) groups is 1. The van der Waals surface area contributed by atoms with Crippen molar-refractivity contribution in [2.24, 2.45) is 0 Å². The number of carboxylic acids is 1. The van der Waals surface area contributed by atoms with E-state index in [0.29, 0.717) is 18.1 Å². The number of aliphatic carboxylic acids is 1. The molecular weight excluding hydrogens is 236 g/mol. The lowest BCUT2D eigenvalue weighted by molar-refractivity contribution is -0.144. The Kier molecular flexibility index (Phi) is 3.69. The zero-order chi connectivity index (χ0) is 12.3. The zero-order valence-corrected chi connectivity index (χ0v) is 10.5. The van der Waals surface area contributed by atoms with Gasteiger partial charge in [-0.15, -0.1) is 11.8 Å². The molecule has 1 aromatic rings. The van der Waals surface area contributed by atoms with Gasteiger partial charge in [-0.25, -0.2) is 0 Å². The van der Waals surface area contributed by atoms with Gasteiger partial charge in [0.15, 0.2) is 0 Å². The van der Waals surface area contributed by atoms with E-state index in [1.807, 2.05) is 12.1 Å². The first-order chi connectivity index (χ1) is 8.16. The van der Waals surface area contributed by atoms with Crippen molar-refractivity contribution in [3.8, 4) is 0 Å². The molecule has 1 saturated carbocycles. The van der Waals surface area contributed by atoms with Crippen LogP contribution in [-0.2, 0) is 4.79 Å². The predicted molar refractivity (Wildman–Crippen MR) is 67.2 cm³/mol. The minimum absolute atomic E-state index is 0.362. The number of pyridine rings is 1. The number of rotatable bonds is 4. The molecule has 1 fully saturated rings. The average Bonchev–Trinajstić information content (AvgIpc) is 2.75. The SMILES string of the molecule is CNC1(C(=O)O)CCC(Sc2ccncc2)C1. The number of hydrogen-bond donors (Lipinski definition) is 2. The minimum atomic E-state index is -0.738. The van der Waals surface area contributed by atoms with Gasteiger partial charge in [-0.05, 0) is 38.4 Å². The second kappa shape index (κ2) is 5.06. The summed E-state index contributed by atoms with van der Waals surface area (Å²) < 4.78 is 0. The Bertz CT molecular complexity index is 399. The van der Waals surface area contributed by atoms with Crippen LogP contribution < -0.4 is 5.32 Å². The second-order valence-electron chi connectivity index (χ2n) is 4.30. The Labute approximate surface area is 105 Å². The first-order valence-corrected chi connectivity index (χ1v) is 6.53. The standard InChI is InChI=1S/C12H16N2O2S/c1-13-12(11(15)16)5-2-10(8-12)17-9-3-6-14-7-4-9/h3-4,6-7,10,13H,2,5,8H2,1H3,(H,15,16). The van der Waals surface area contributed by atoms with Crippen molar-refractivity contribution in [2.75, 3.05) is 7.05 Å². The lowest BCUT2D eigenvalue weighted by Crippen LogP contribution is -2.48. The van der Waals surface area contributed by atoms with Crippen LogP contribution in [0.3, 0.4) is 0 Å². The van der Waals surface area contributed by atoms with Gasteiger partial charge >= 0.3 is 5.97 Å². The molecule has 1 aliphatic carbocycles. The molecule has 2 unspecified atom stereocenters. The van der Waals surface area contributed by atoms with Crippen LogP contribution in [0.4, 0.5) is 0 Å². The largest absolute Gasteiger partial charge is 0.480 e. The van der Waals surface area contributed by atoms with Crippen LogP contribution in [-0.4, -0.2) is 33.9 Å². The van der Waals surface area contributed by atoms with E-state index in [1.54, 1.807) is 31.2 Å². The molecule has 92 valence electrons. The van der Waals surface area contributed by atoms with Crippen LogP contribution in [0.5, 0.6) is 0 Å². The molecule has 0 aliphatic heterocycles. The Morgan fingerprint density at radius 3 is 2.82 bits per heavy atom. The molecule has 2 rings (SSSR count). The van der Waals surface area contributed by atoms with Gasteiger partial charge in [0.1, 0.15) is 5.54 Å². The van der Waals surface area contributed by atoms with Crippen molar-refractivity contribution >= 4 is 17.7 Å². The van der Waals surface area contributed by atoms with Gasteiger partial charge < -0.3 is 10.4 Å². The van der Waals surface area contributed by atoms with Crippen molar-refractivity contribution in [2.45, 2.75) is 34.9 Å². The topological polar surface area (TPSA) is 62.2 Å². The Morgan fingerprint density at radius 1 is 1.59 bits per heavy atom. The van der Waals surface area contributed by atoms with E-state index in [4.69, 9.17) is 0 Å². The monoisotopic (exact) mass is 252 g/mol. The van der Waals surface area contributed by atoms with Crippen LogP contribution in [0.15, 0.2) is 29.4 Å². The highest BCUT2D eigenvalue weighted by Crippen LogP contribution is 2.40. The number of carboxylic acid groups (broad SMARTS) is 1. The summed E-state index contributed by atoms with van der Waals surface area (Å²) in [6, 6.07) is 3.93. The fourth-order valence-electron chi connectivity index (χ4n) is 2.24. The quantitative estimate of drug-likeness (QED) is 0.855. The first kappa shape index (κ1) is 12.4. The van der Waals surface area contributed by atoms with Crippen LogP contribution in [0.25, 0.3) is 0 Å². The van der Waals surface area contributed by atoms with Gasteiger partial charge in [-0.2, -0.15) is 0 Å². The molecule has 2 N–H and O–H groups in total. The predicted octanol–water partition coefficient (Wildman–Crippen LogP) is 1.77. The lowest BCUT2D eigenvalue weighted by Gasteiger charge is -2.23. The molecule has 0 radical (unpaired) electrons. The van der Waals surface area contributed by atoms with Crippen molar-refractivity contribution in [1.82, 2.24) is 10.3 Å². The van der Waals surface area contributed by atoms with E-state index < -0.39 is 11.5 Å². The summed E-state index contributed by atoms with van der Waals surface area (Å²) >= 11 is 1.74. The molecule has 0 aromatic carbocycles.